The number of alkyl halides is 3. The lowest BCUT2D eigenvalue weighted by Crippen LogP contribution is -2.46. The van der Waals surface area contributed by atoms with Gasteiger partial charge in [0.2, 0.25) is 5.91 Å². The zero-order valence-corrected chi connectivity index (χ0v) is 17.0. The molecule has 0 saturated carbocycles. The van der Waals surface area contributed by atoms with Gasteiger partial charge in [-0.1, -0.05) is 12.1 Å². The van der Waals surface area contributed by atoms with Crippen LogP contribution in [0.2, 0.25) is 0 Å². The topological polar surface area (TPSA) is 53.6 Å². The monoisotopic (exact) mass is 443 g/mol. The van der Waals surface area contributed by atoms with Gasteiger partial charge in [0, 0.05) is 44.7 Å². The van der Waals surface area contributed by atoms with Crippen molar-refractivity contribution in [2.24, 2.45) is 0 Å². The van der Waals surface area contributed by atoms with Gasteiger partial charge in [-0.15, -0.1) is 24.8 Å². The van der Waals surface area contributed by atoms with Gasteiger partial charge in [-0.2, -0.15) is 13.2 Å². The van der Waals surface area contributed by atoms with Crippen LogP contribution in [0.25, 0.3) is 0 Å². The van der Waals surface area contributed by atoms with Crippen molar-refractivity contribution in [3.63, 3.8) is 0 Å². The highest BCUT2D eigenvalue weighted by atomic mass is 35.5. The highest BCUT2D eigenvalue weighted by molar-refractivity contribution is 5.85. The molecule has 160 valence electrons. The molecular formula is C18H26Cl2F3N3O2. The van der Waals surface area contributed by atoms with Gasteiger partial charge < -0.3 is 15.4 Å². The van der Waals surface area contributed by atoms with Gasteiger partial charge in [-0.3, -0.25) is 9.69 Å². The highest BCUT2D eigenvalue weighted by Gasteiger charge is 2.30. The second-order valence-corrected chi connectivity index (χ2v) is 6.91. The van der Waals surface area contributed by atoms with E-state index in [-0.39, 0.29) is 42.8 Å². The molecule has 28 heavy (non-hydrogen) atoms. The van der Waals surface area contributed by atoms with E-state index in [1.54, 1.807) is 0 Å². The molecular weight excluding hydrogens is 418 g/mol. The molecule has 0 aliphatic carbocycles. The fourth-order valence-electron chi connectivity index (χ4n) is 3.41. The molecule has 2 unspecified atom stereocenters. The number of amides is 1. The number of rotatable bonds is 5. The summed E-state index contributed by atoms with van der Waals surface area (Å²) in [6, 6.07) is 5.41. The number of carbonyl (C=O) groups is 1. The Hall–Kier alpha value is -1.06. The third-order valence-corrected chi connectivity index (χ3v) is 4.76. The zero-order valence-electron chi connectivity index (χ0n) is 15.3. The normalized spacial score (nSPS) is 22.8. The van der Waals surface area contributed by atoms with Crippen LogP contribution in [0.15, 0.2) is 24.3 Å². The van der Waals surface area contributed by atoms with E-state index in [9.17, 15) is 18.0 Å². The van der Waals surface area contributed by atoms with Gasteiger partial charge in [0.1, 0.15) is 0 Å². The van der Waals surface area contributed by atoms with Crippen LogP contribution in [-0.4, -0.2) is 55.7 Å². The average Bonchev–Trinajstić information content (AvgIpc) is 3.02. The van der Waals surface area contributed by atoms with Gasteiger partial charge in [0.05, 0.1) is 18.8 Å². The number of morpholine rings is 1. The summed E-state index contributed by atoms with van der Waals surface area (Å²) in [5.41, 5.74) is 0.210. The Morgan fingerprint density at radius 1 is 1.25 bits per heavy atom. The Morgan fingerprint density at radius 2 is 1.96 bits per heavy atom. The van der Waals surface area contributed by atoms with Gasteiger partial charge in [-0.25, -0.2) is 0 Å². The first kappa shape index (κ1) is 25.0. The molecule has 0 bridgehead atoms. The molecule has 2 heterocycles. The van der Waals surface area contributed by atoms with Crippen molar-refractivity contribution < 1.29 is 22.7 Å². The summed E-state index contributed by atoms with van der Waals surface area (Å²) in [6.07, 6.45) is -3.06. The van der Waals surface area contributed by atoms with Crippen LogP contribution in [-0.2, 0) is 22.3 Å². The summed E-state index contributed by atoms with van der Waals surface area (Å²) in [5, 5.41) is 6.30. The molecule has 0 radical (unpaired) electrons. The molecule has 0 spiro atoms. The van der Waals surface area contributed by atoms with Crippen LogP contribution in [0.5, 0.6) is 0 Å². The summed E-state index contributed by atoms with van der Waals surface area (Å²) in [4.78, 5) is 14.3. The molecule has 2 fully saturated rings. The highest BCUT2D eigenvalue weighted by Crippen LogP contribution is 2.29. The number of ether oxygens (including phenoxy) is 1. The first-order chi connectivity index (χ1) is 12.4. The molecule has 5 nitrogen and oxygen atoms in total. The smallest absolute Gasteiger partial charge is 0.378 e. The number of nitrogens with zero attached hydrogens (tertiary/aromatic N) is 1. The van der Waals surface area contributed by atoms with Crippen LogP contribution < -0.4 is 10.6 Å². The fraction of sp³-hybridized carbons (Fsp3) is 0.611. The second kappa shape index (κ2) is 11.2. The quantitative estimate of drug-likeness (QED) is 0.734. The first-order valence-electron chi connectivity index (χ1n) is 8.89. The number of halogens is 5. The zero-order chi connectivity index (χ0) is 18.6. The summed E-state index contributed by atoms with van der Waals surface area (Å²) < 4.78 is 43.2. The second-order valence-electron chi connectivity index (χ2n) is 6.91. The SMILES string of the molecule is Cl.Cl.O=C(CC1COCCN1)NC1CCN(Cc2ccc(C(F)(F)F)cc2)C1. The maximum atomic E-state index is 12.6. The van der Waals surface area contributed by atoms with Crippen molar-refractivity contribution in [3.8, 4) is 0 Å². The summed E-state index contributed by atoms with van der Waals surface area (Å²) >= 11 is 0. The van der Waals surface area contributed by atoms with Crippen molar-refractivity contribution in [2.75, 3.05) is 32.8 Å². The minimum Gasteiger partial charge on any atom is -0.378 e. The molecule has 0 aromatic heterocycles. The standard InChI is InChI=1S/C18H24F3N3O2.2ClH/c19-18(20,21)14-3-1-13(2-4-14)10-24-7-5-15(11-24)23-17(25)9-16-12-26-8-6-22-16;;/h1-4,15-16,22H,5-12H2,(H,23,25);2*1H. The van der Waals surface area contributed by atoms with Crippen LogP contribution in [0.4, 0.5) is 13.2 Å². The van der Waals surface area contributed by atoms with Gasteiger partial charge in [-0.05, 0) is 24.1 Å². The van der Waals surface area contributed by atoms with Crippen LogP contribution in [0, 0.1) is 0 Å². The molecule has 2 aliphatic rings. The predicted octanol–water partition coefficient (Wildman–Crippen LogP) is 2.62. The Morgan fingerprint density at radius 3 is 2.57 bits per heavy atom. The minimum absolute atomic E-state index is 0. The van der Waals surface area contributed by atoms with Gasteiger partial charge in [0.15, 0.2) is 0 Å². The molecule has 1 aromatic carbocycles. The molecule has 2 aliphatic heterocycles. The third-order valence-electron chi connectivity index (χ3n) is 4.76. The Balaban J connectivity index is 0.00000196. The molecule has 3 rings (SSSR count). The van der Waals surface area contributed by atoms with Crippen molar-refractivity contribution in [1.82, 2.24) is 15.5 Å². The molecule has 1 aromatic rings. The van der Waals surface area contributed by atoms with Crippen molar-refractivity contribution in [2.45, 2.75) is 37.6 Å². The summed E-state index contributed by atoms with van der Waals surface area (Å²) in [7, 11) is 0. The fourth-order valence-corrected chi connectivity index (χ4v) is 3.41. The molecule has 2 atom stereocenters. The summed E-state index contributed by atoms with van der Waals surface area (Å²) in [5.74, 6) is 0.00869. The van der Waals surface area contributed by atoms with E-state index in [4.69, 9.17) is 4.74 Å². The minimum atomic E-state index is -4.31. The number of hydrogen-bond acceptors (Lipinski definition) is 4. The van der Waals surface area contributed by atoms with E-state index < -0.39 is 11.7 Å². The maximum Gasteiger partial charge on any atom is 0.416 e. The molecule has 2 saturated heterocycles. The summed E-state index contributed by atoms with van der Waals surface area (Å²) in [6.45, 7) is 4.11. The van der Waals surface area contributed by atoms with Crippen molar-refractivity contribution in [1.29, 1.82) is 0 Å². The third kappa shape index (κ3) is 7.40. The lowest BCUT2D eigenvalue weighted by Gasteiger charge is -2.24. The predicted molar refractivity (Wildman–Crippen MR) is 105 cm³/mol. The first-order valence-corrected chi connectivity index (χ1v) is 8.89. The number of nitrogens with one attached hydrogen (secondary N) is 2. The molecule has 1 amide bonds. The van der Waals surface area contributed by atoms with E-state index in [0.29, 0.717) is 32.7 Å². The molecule has 2 N–H and O–H groups in total. The lowest BCUT2D eigenvalue weighted by molar-refractivity contribution is -0.137. The van der Waals surface area contributed by atoms with E-state index in [2.05, 4.69) is 15.5 Å². The largest absolute Gasteiger partial charge is 0.416 e. The maximum absolute atomic E-state index is 12.6. The Bertz CT molecular complexity index is 611. The van der Waals surface area contributed by atoms with Crippen LogP contribution in [0.3, 0.4) is 0 Å². The van der Waals surface area contributed by atoms with E-state index in [1.165, 1.54) is 12.1 Å². The number of carbonyl (C=O) groups excluding carboxylic acids is 1. The van der Waals surface area contributed by atoms with Crippen LogP contribution >= 0.6 is 24.8 Å². The van der Waals surface area contributed by atoms with Crippen molar-refractivity contribution in [3.05, 3.63) is 35.4 Å². The number of likely N-dealkylation sites (tertiary alicyclic amines) is 1. The average molecular weight is 444 g/mol. The van der Waals surface area contributed by atoms with Gasteiger partial charge >= 0.3 is 6.18 Å². The van der Waals surface area contributed by atoms with E-state index in [1.807, 2.05) is 0 Å². The number of benzene rings is 1. The lowest BCUT2D eigenvalue weighted by atomic mass is 10.1. The van der Waals surface area contributed by atoms with E-state index >= 15 is 0 Å². The van der Waals surface area contributed by atoms with E-state index in [0.717, 1.165) is 37.2 Å². The van der Waals surface area contributed by atoms with Gasteiger partial charge in [0.25, 0.3) is 0 Å². The van der Waals surface area contributed by atoms with Crippen LogP contribution in [0.1, 0.15) is 24.0 Å². The Labute approximate surface area is 175 Å². The molecule has 10 heteroatoms. The van der Waals surface area contributed by atoms with Crippen molar-refractivity contribution >= 4 is 30.7 Å². The number of hydrogen-bond donors (Lipinski definition) is 2. The Kier molecular flexibility index (Phi) is 10.00.